The molecule has 0 aliphatic carbocycles. The summed E-state index contributed by atoms with van der Waals surface area (Å²) in [6, 6.07) is 8.85. The summed E-state index contributed by atoms with van der Waals surface area (Å²) in [5.74, 6) is 0. The van der Waals surface area contributed by atoms with Crippen LogP contribution >= 0.6 is 11.3 Å². The van der Waals surface area contributed by atoms with Gasteiger partial charge in [-0.15, -0.1) is 11.3 Å². The molecule has 3 heteroatoms. The molecule has 2 rings (SSSR count). The van der Waals surface area contributed by atoms with Crippen LogP contribution in [0.15, 0.2) is 35.8 Å². The van der Waals surface area contributed by atoms with E-state index >= 15 is 0 Å². The molecular weight excluding hydrogens is 216 g/mol. The zero-order valence-electron chi connectivity index (χ0n) is 9.60. The Morgan fingerprint density at radius 1 is 1.38 bits per heavy atom. The molecule has 0 spiro atoms. The largest absolute Gasteiger partial charge is 0.304 e. The number of aryl methyl sites for hydroxylation is 1. The Morgan fingerprint density at radius 2 is 2.19 bits per heavy atom. The molecule has 1 aromatic carbocycles. The van der Waals surface area contributed by atoms with Crippen molar-refractivity contribution in [2.75, 3.05) is 0 Å². The van der Waals surface area contributed by atoms with Crippen LogP contribution in [0, 0.1) is 6.92 Å². The Morgan fingerprint density at radius 3 is 2.88 bits per heavy atom. The number of nitrogens with one attached hydrogen (secondary N) is 1. The molecule has 1 heterocycles. The summed E-state index contributed by atoms with van der Waals surface area (Å²) < 4.78 is 0. The van der Waals surface area contributed by atoms with Crippen molar-refractivity contribution in [3.05, 3.63) is 52.0 Å². The van der Waals surface area contributed by atoms with Gasteiger partial charge in [0, 0.05) is 24.2 Å². The highest BCUT2D eigenvalue weighted by atomic mass is 32.1. The van der Waals surface area contributed by atoms with Gasteiger partial charge in [-0.05, 0) is 25.0 Å². The van der Waals surface area contributed by atoms with E-state index in [0.29, 0.717) is 6.04 Å². The van der Waals surface area contributed by atoms with Crippen molar-refractivity contribution in [1.29, 1.82) is 0 Å². The van der Waals surface area contributed by atoms with Crippen LogP contribution in [0.3, 0.4) is 0 Å². The Kier molecular flexibility index (Phi) is 3.70. The number of hydrogen-bond donors (Lipinski definition) is 1. The number of hydrogen-bond acceptors (Lipinski definition) is 3. The lowest BCUT2D eigenvalue weighted by atomic mass is 10.0. The first kappa shape index (κ1) is 11.3. The minimum absolute atomic E-state index is 0.366. The van der Waals surface area contributed by atoms with E-state index in [1.165, 1.54) is 11.1 Å². The van der Waals surface area contributed by atoms with Gasteiger partial charge in [-0.2, -0.15) is 0 Å². The van der Waals surface area contributed by atoms with Crippen LogP contribution in [0.1, 0.15) is 29.1 Å². The van der Waals surface area contributed by atoms with Crippen LogP contribution in [-0.4, -0.2) is 4.98 Å². The third kappa shape index (κ3) is 2.68. The predicted molar refractivity (Wildman–Crippen MR) is 68.5 cm³/mol. The molecule has 1 N–H and O–H groups in total. The third-order valence-electron chi connectivity index (χ3n) is 2.70. The number of rotatable bonds is 4. The predicted octanol–water partition coefficient (Wildman–Crippen LogP) is 3.30. The quantitative estimate of drug-likeness (QED) is 0.875. The molecule has 0 fully saturated rings. The van der Waals surface area contributed by atoms with E-state index in [4.69, 9.17) is 0 Å². The second kappa shape index (κ2) is 5.23. The van der Waals surface area contributed by atoms with Gasteiger partial charge in [0.05, 0.1) is 0 Å². The topological polar surface area (TPSA) is 24.9 Å². The molecule has 0 aliphatic heterocycles. The van der Waals surface area contributed by atoms with Crippen LogP contribution in [0.25, 0.3) is 0 Å². The van der Waals surface area contributed by atoms with E-state index in [-0.39, 0.29) is 0 Å². The maximum Gasteiger partial charge on any atom is 0.106 e. The molecule has 1 atom stereocenters. The van der Waals surface area contributed by atoms with Crippen molar-refractivity contribution >= 4 is 11.3 Å². The normalized spacial score (nSPS) is 12.6. The minimum Gasteiger partial charge on any atom is -0.304 e. The van der Waals surface area contributed by atoms with Crippen LogP contribution in [0.2, 0.25) is 0 Å². The van der Waals surface area contributed by atoms with Crippen molar-refractivity contribution in [2.45, 2.75) is 26.4 Å². The number of nitrogens with zero attached hydrogens (tertiary/aromatic N) is 1. The second-order valence-electron chi connectivity index (χ2n) is 3.89. The van der Waals surface area contributed by atoms with E-state index in [0.717, 1.165) is 11.6 Å². The molecule has 1 aromatic heterocycles. The Balaban J connectivity index is 1.98. The van der Waals surface area contributed by atoms with Gasteiger partial charge in [0.15, 0.2) is 0 Å². The van der Waals surface area contributed by atoms with Gasteiger partial charge in [0.25, 0.3) is 0 Å². The maximum atomic E-state index is 4.26. The van der Waals surface area contributed by atoms with Gasteiger partial charge in [-0.3, -0.25) is 0 Å². The summed E-state index contributed by atoms with van der Waals surface area (Å²) in [7, 11) is 0. The fourth-order valence-electron chi connectivity index (χ4n) is 1.76. The van der Waals surface area contributed by atoms with Crippen molar-refractivity contribution in [1.82, 2.24) is 10.3 Å². The molecule has 0 saturated carbocycles. The fraction of sp³-hybridized carbons (Fsp3) is 0.308. The van der Waals surface area contributed by atoms with Crippen molar-refractivity contribution in [3.8, 4) is 0 Å². The average Bonchev–Trinajstić information content (AvgIpc) is 2.79. The average molecular weight is 232 g/mol. The van der Waals surface area contributed by atoms with E-state index < -0.39 is 0 Å². The molecule has 0 amide bonds. The summed E-state index contributed by atoms with van der Waals surface area (Å²) >= 11 is 1.69. The number of aromatic nitrogens is 1. The molecule has 2 aromatic rings. The Hall–Kier alpha value is -1.19. The minimum atomic E-state index is 0.366. The first-order valence-corrected chi connectivity index (χ1v) is 6.32. The highest BCUT2D eigenvalue weighted by Gasteiger charge is 2.07. The highest BCUT2D eigenvalue weighted by molar-refractivity contribution is 7.09. The van der Waals surface area contributed by atoms with Gasteiger partial charge < -0.3 is 5.32 Å². The van der Waals surface area contributed by atoms with E-state index in [1.54, 1.807) is 11.3 Å². The van der Waals surface area contributed by atoms with Crippen molar-refractivity contribution < 1.29 is 0 Å². The SMILES string of the molecule is Cc1ccccc1[C@H](C)NCc1nccs1. The van der Waals surface area contributed by atoms with Gasteiger partial charge >= 0.3 is 0 Å². The van der Waals surface area contributed by atoms with Crippen molar-refractivity contribution in [2.24, 2.45) is 0 Å². The van der Waals surface area contributed by atoms with Crippen LogP contribution in [0.4, 0.5) is 0 Å². The molecule has 16 heavy (non-hydrogen) atoms. The molecule has 0 aliphatic rings. The smallest absolute Gasteiger partial charge is 0.106 e. The highest BCUT2D eigenvalue weighted by Crippen LogP contribution is 2.17. The van der Waals surface area contributed by atoms with E-state index in [9.17, 15) is 0 Å². The van der Waals surface area contributed by atoms with Gasteiger partial charge in [-0.25, -0.2) is 4.98 Å². The zero-order valence-corrected chi connectivity index (χ0v) is 10.4. The molecular formula is C13H16N2S. The zero-order chi connectivity index (χ0) is 11.4. The van der Waals surface area contributed by atoms with Crippen LogP contribution in [-0.2, 0) is 6.54 Å². The monoisotopic (exact) mass is 232 g/mol. The Labute approximate surface area is 100 Å². The van der Waals surface area contributed by atoms with Crippen LogP contribution in [0.5, 0.6) is 0 Å². The van der Waals surface area contributed by atoms with E-state index in [1.807, 2.05) is 11.6 Å². The molecule has 0 unspecified atom stereocenters. The number of thiazole rings is 1. The summed E-state index contributed by atoms with van der Waals surface area (Å²) in [6.07, 6.45) is 1.85. The molecule has 84 valence electrons. The third-order valence-corrected chi connectivity index (χ3v) is 3.48. The fourth-order valence-corrected chi connectivity index (χ4v) is 2.33. The Bertz CT molecular complexity index is 437. The molecule has 0 radical (unpaired) electrons. The van der Waals surface area contributed by atoms with Gasteiger partial charge in [0.1, 0.15) is 5.01 Å². The lowest BCUT2D eigenvalue weighted by Crippen LogP contribution is -2.18. The molecule has 0 bridgehead atoms. The van der Waals surface area contributed by atoms with Gasteiger partial charge in [0.2, 0.25) is 0 Å². The lowest BCUT2D eigenvalue weighted by molar-refractivity contribution is 0.571. The lowest BCUT2D eigenvalue weighted by Gasteiger charge is -2.15. The maximum absolute atomic E-state index is 4.26. The van der Waals surface area contributed by atoms with Crippen LogP contribution < -0.4 is 5.32 Å². The van der Waals surface area contributed by atoms with Gasteiger partial charge in [-0.1, -0.05) is 24.3 Å². The van der Waals surface area contributed by atoms with Crippen molar-refractivity contribution in [3.63, 3.8) is 0 Å². The number of benzene rings is 1. The summed E-state index contributed by atoms with van der Waals surface area (Å²) in [4.78, 5) is 4.26. The van der Waals surface area contributed by atoms with E-state index in [2.05, 4.69) is 48.4 Å². The summed E-state index contributed by atoms with van der Waals surface area (Å²) in [5.41, 5.74) is 2.70. The summed E-state index contributed by atoms with van der Waals surface area (Å²) in [5, 5.41) is 6.64. The second-order valence-corrected chi connectivity index (χ2v) is 4.86. The standard InChI is InChI=1S/C13H16N2S/c1-10-5-3-4-6-12(10)11(2)15-9-13-14-7-8-16-13/h3-8,11,15H,9H2,1-2H3/t11-/m0/s1. The molecule has 0 saturated heterocycles. The molecule has 2 nitrogen and oxygen atoms in total. The summed E-state index contributed by atoms with van der Waals surface area (Å²) in [6.45, 7) is 5.18. The first-order chi connectivity index (χ1) is 7.77. The first-order valence-electron chi connectivity index (χ1n) is 5.44.